The summed E-state index contributed by atoms with van der Waals surface area (Å²) in [6, 6.07) is 7.74. The normalized spacial score (nSPS) is 15.0. The summed E-state index contributed by atoms with van der Waals surface area (Å²) in [6.45, 7) is 6.44. The summed E-state index contributed by atoms with van der Waals surface area (Å²) in [4.78, 5) is 18.6. The molecule has 0 atom stereocenters. The first-order chi connectivity index (χ1) is 16.5. The molecular weight excluding hydrogens is 440 g/mol. The number of hydrogen-bond donors (Lipinski definition) is 3. The highest BCUT2D eigenvalue weighted by Crippen LogP contribution is 2.22. The van der Waals surface area contributed by atoms with Crippen molar-refractivity contribution in [1.82, 2.24) is 30.9 Å². The topological polar surface area (TPSA) is 108 Å². The van der Waals surface area contributed by atoms with Gasteiger partial charge in [-0.1, -0.05) is 6.92 Å². The van der Waals surface area contributed by atoms with Crippen LogP contribution in [0.1, 0.15) is 12.5 Å². The second-order valence-electron chi connectivity index (χ2n) is 7.81. The number of hydrogen-bond acceptors (Lipinski definition) is 8. The molecule has 1 saturated heterocycles. The summed E-state index contributed by atoms with van der Waals surface area (Å²) in [6.07, 6.45) is 4.76. The Hall–Kier alpha value is -3.54. The van der Waals surface area contributed by atoms with Crippen LogP contribution in [0.15, 0.2) is 53.9 Å². The largest absolute Gasteiger partial charge is 0.387 e. The van der Waals surface area contributed by atoms with Gasteiger partial charge in [-0.25, -0.2) is 29.8 Å². The van der Waals surface area contributed by atoms with Crippen LogP contribution in [0.25, 0.3) is 11.3 Å². The molecule has 1 fully saturated rings. The summed E-state index contributed by atoms with van der Waals surface area (Å²) >= 11 is 0. The van der Waals surface area contributed by atoms with Crippen LogP contribution in [0.3, 0.4) is 0 Å². The lowest BCUT2D eigenvalue weighted by Crippen LogP contribution is -2.56. The van der Waals surface area contributed by atoms with Crippen LogP contribution in [0, 0.1) is 11.8 Å². The number of pyridine rings is 3. The van der Waals surface area contributed by atoms with E-state index in [2.05, 4.69) is 40.8 Å². The highest BCUT2D eigenvalue weighted by molar-refractivity contribution is 5.84. The lowest BCUT2D eigenvalue weighted by atomic mass is 10.1. The van der Waals surface area contributed by atoms with Crippen molar-refractivity contribution in [2.75, 3.05) is 37.6 Å². The standard InChI is InChI=1S/C23H27F2N9/c1-2-30-32-34-9-7-33(8-10-34)18-3-4-22(28-15-18)31-21(26)12-16-11-19(24)23(29-14-16)17-5-6-27-20(25)13-17/h3-6,11,13-15,30,32H,2,7-10,12H2,1H3,(H2,26,28,31). The van der Waals surface area contributed by atoms with E-state index < -0.39 is 11.8 Å². The Labute approximate surface area is 196 Å². The number of nitrogens with two attached hydrogens (primary N) is 1. The van der Waals surface area contributed by atoms with Crippen LogP contribution < -0.4 is 21.6 Å². The van der Waals surface area contributed by atoms with E-state index in [1.807, 2.05) is 19.1 Å². The molecule has 11 heteroatoms. The first-order valence-corrected chi connectivity index (χ1v) is 11.1. The van der Waals surface area contributed by atoms with E-state index in [1.54, 1.807) is 6.20 Å². The smallest absolute Gasteiger partial charge is 0.213 e. The Bertz CT molecular complexity index is 1130. The molecule has 1 aliphatic heterocycles. The molecule has 3 aromatic rings. The summed E-state index contributed by atoms with van der Waals surface area (Å²) in [7, 11) is 0. The highest BCUT2D eigenvalue weighted by Gasteiger charge is 2.17. The third-order valence-electron chi connectivity index (χ3n) is 5.33. The summed E-state index contributed by atoms with van der Waals surface area (Å²) in [5, 5.41) is 2.15. The molecule has 0 radical (unpaired) electrons. The van der Waals surface area contributed by atoms with Crippen molar-refractivity contribution in [3.8, 4) is 11.3 Å². The number of nitrogens with one attached hydrogen (secondary N) is 2. The number of anilines is 1. The van der Waals surface area contributed by atoms with Crippen molar-refractivity contribution < 1.29 is 8.78 Å². The van der Waals surface area contributed by atoms with Crippen molar-refractivity contribution in [2.24, 2.45) is 10.7 Å². The zero-order valence-corrected chi connectivity index (χ0v) is 18.9. The molecule has 0 aromatic carbocycles. The van der Waals surface area contributed by atoms with Crippen LogP contribution in [-0.2, 0) is 6.42 Å². The number of piperazine rings is 1. The van der Waals surface area contributed by atoms with Crippen LogP contribution in [0.2, 0.25) is 0 Å². The Morgan fingerprint density at radius 3 is 2.56 bits per heavy atom. The molecule has 3 aromatic heterocycles. The van der Waals surface area contributed by atoms with Gasteiger partial charge in [-0.2, -0.15) is 9.93 Å². The van der Waals surface area contributed by atoms with Crippen LogP contribution in [-0.4, -0.2) is 58.5 Å². The van der Waals surface area contributed by atoms with Gasteiger partial charge >= 0.3 is 0 Å². The predicted molar refractivity (Wildman–Crippen MR) is 127 cm³/mol. The average Bonchev–Trinajstić information content (AvgIpc) is 2.83. The molecule has 0 saturated carbocycles. The van der Waals surface area contributed by atoms with Crippen molar-refractivity contribution in [1.29, 1.82) is 0 Å². The molecule has 0 aliphatic carbocycles. The van der Waals surface area contributed by atoms with Crippen molar-refractivity contribution >= 4 is 17.3 Å². The Balaban J connectivity index is 1.36. The molecule has 0 amide bonds. The molecule has 0 unspecified atom stereocenters. The van der Waals surface area contributed by atoms with Gasteiger partial charge in [0.1, 0.15) is 17.3 Å². The third kappa shape index (κ3) is 6.07. The zero-order chi connectivity index (χ0) is 23.9. The maximum absolute atomic E-state index is 14.5. The number of halogens is 2. The molecule has 4 rings (SSSR count). The minimum Gasteiger partial charge on any atom is -0.387 e. The van der Waals surface area contributed by atoms with E-state index in [0.29, 0.717) is 16.9 Å². The van der Waals surface area contributed by atoms with Gasteiger partial charge in [-0.3, -0.25) is 4.98 Å². The Morgan fingerprint density at radius 2 is 1.88 bits per heavy atom. The lowest BCUT2D eigenvalue weighted by molar-refractivity contribution is 0.144. The van der Waals surface area contributed by atoms with Gasteiger partial charge in [-0.15, -0.1) is 0 Å². The first-order valence-electron chi connectivity index (χ1n) is 11.1. The average molecular weight is 468 g/mol. The van der Waals surface area contributed by atoms with E-state index in [0.717, 1.165) is 44.5 Å². The van der Waals surface area contributed by atoms with Gasteiger partial charge in [0.2, 0.25) is 5.95 Å². The summed E-state index contributed by atoms with van der Waals surface area (Å²) in [5.41, 5.74) is 14.3. The van der Waals surface area contributed by atoms with Crippen molar-refractivity contribution in [2.45, 2.75) is 13.3 Å². The predicted octanol–water partition coefficient (Wildman–Crippen LogP) is 2.20. The fourth-order valence-corrected chi connectivity index (χ4v) is 3.63. The molecule has 0 bridgehead atoms. The van der Waals surface area contributed by atoms with E-state index in [1.165, 1.54) is 24.5 Å². The fraction of sp³-hybridized carbons (Fsp3) is 0.304. The minimum absolute atomic E-state index is 0.0519. The van der Waals surface area contributed by atoms with Crippen molar-refractivity contribution in [3.63, 3.8) is 0 Å². The van der Waals surface area contributed by atoms with E-state index in [9.17, 15) is 8.78 Å². The van der Waals surface area contributed by atoms with Gasteiger partial charge in [0.25, 0.3) is 0 Å². The quantitative estimate of drug-likeness (QED) is 0.200. The molecule has 1 aliphatic rings. The van der Waals surface area contributed by atoms with Crippen LogP contribution >= 0.6 is 0 Å². The molecule has 4 heterocycles. The summed E-state index contributed by atoms with van der Waals surface area (Å²) < 4.78 is 27.9. The number of amidine groups is 1. The van der Waals surface area contributed by atoms with Gasteiger partial charge in [-0.05, 0) is 29.8 Å². The molecule has 34 heavy (non-hydrogen) atoms. The Morgan fingerprint density at radius 1 is 1.06 bits per heavy atom. The fourth-order valence-electron chi connectivity index (χ4n) is 3.63. The van der Waals surface area contributed by atoms with E-state index in [-0.39, 0.29) is 18.0 Å². The van der Waals surface area contributed by atoms with E-state index >= 15 is 0 Å². The maximum Gasteiger partial charge on any atom is 0.213 e. The van der Waals surface area contributed by atoms with Gasteiger partial charge in [0, 0.05) is 63.2 Å². The third-order valence-corrected chi connectivity index (χ3v) is 5.33. The zero-order valence-electron chi connectivity index (χ0n) is 18.9. The molecule has 0 spiro atoms. The number of hydrazine groups is 2. The maximum atomic E-state index is 14.5. The number of nitrogens with zero attached hydrogens (tertiary/aromatic N) is 6. The lowest BCUT2D eigenvalue weighted by Gasteiger charge is -2.35. The SMILES string of the molecule is CCNNN1CCN(c2ccc(N=C(N)Cc3cnc(-c4ccnc(F)c4)c(F)c3)nc2)CC1. The minimum atomic E-state index is -0.693. The number of aliphatic imine (C=N–C) groups is 1. The highest BCUT2D eigenvalue weighted by atomic mass is 19.1. The van der Waals surface area contributed by atoms with Gasteiger partial charge in [0.15, 0.2) is 5.82 Å². The molecular formula is C23H27F2N9. The van der Waals surface area contributed by atoms with Crippen LogP contribution in [0.5, 0.6) is 0 Å². The van der Waals surface area contributed by atoms with Crippen LogP contribution in [0.4, 0.5) is 20.3 Å². The van der Waals surface area contributed by atoms with Crippen molar-refractivity contribution in [3.05, 3.63) is 66.3 Å². The second-order valence-corrected chi connectivity index (χ2v) is 7.81. The molecule has 9 nitrogen and oxygen atoms in total. The second kappa shape index (κ2) is 11.1. The first kappa shape index (κ1) is 23.6. The number of aromatic nitrogens is 3. The molecule has 4 N–H and O–H groups in total. The molecule has 178 valence electrons. The van der Waals surface area contributed by atoms with E-state index in [4.69, 9.17) is 5.73 Å². The van der Waals surface area contributed by atoms with Gasteiger partial charge < -0.3 is 10.6 Å². The summed E-state index contributed by atoms with van der Waals surface area (Å²) in [5.74, 6) is -0.501. The monoisotopic (exact) mass is 467 g/mol. The number of rotatable bonds is 8. The van der Waals surface area contributed by atoms with Gasteiger partial charge in [0.05, 0.1) is 11.9 Å². The Kier molecular flexibility index (Phi) is 7.68.